The second-order valence-electron chi connectivity index (χ2n) is 7.82. The van der Waals surface area contributed by atoms with Gasteiger partial charge in [0.25, 0.3) is 0 Å². The number of nitroso groups, excluding NO2 is 1. The molecule has 0 aromatic rings. The van der Waals surface area contributed by atoms with Gasteiger partial charge >= 0.3 is 0 Å². The van der Waals surface area contributed by atoms with Crippen molar-refractivity contribution in [3.8, 4) is 0 Å². The van der Waals surface area contributed by atoms with Gasteiger partial charge in [0.15, 0.2) is 11.4 Å². The molecule has 0 heterocycles. The van der Waals surface area contributed by atoms with E-state index in [1.54, 1.807) is 26.0 Å². The molecule has 0 saturated heterocycles. The highest BCUT2D eigenvalue weighted by Gasteiger charge is 2.49. The maximum Gasteiger partial charge on any atom is 0.201 e. The molecular weight excluding hydrogens is 346 g/mol. The van der Waals surface area contributed by atoms with Gasteiger partial charge in [-0.2, -0.15) is 0 Å². The molecule has 0 aromatic heterocycles. The lowest BCUT2D eigenvalue weighted by Crippen LogP contribution is -2.45. The van der Waals surface area contributed by atoms with Crippen LogP contribution in [0, 0.1) is 10.8 Å². The number of rotatable bonds is 8. The fraction of sp³-hybridized carbons (Fsp3) is 0.524. The zero-order valence-electron chi connectivity index (χ0n) is 16.9. The van der Waals surface area contributed by atoms with Crippen molar-refractivity contribution >= 4 is 11.6 Å². The fourth-order valence-corrected chi connectivity index (χ4v) is 2.81. The van der Waals surface area contributed by atoms with E-state index in [-0.39, 0.29) is 42.0 Å². The van der Waals surface area contributed by atoms with Crippen molar-refractivity contribution in [2.45, 2.75) is 66.4 Å². The fourth-order valence-electron chi connectivity index (χ4n) is 2.81. The van der Waals surface area contributed by atoms with Crippen LogP contribution >= 0.6 is 0 Å². The standard InChI is InChI=1S/C21H29NO5/c1-12(2)7-8-15-18(22-27)17(16(23)11-14(5)6)20(25)21(26,19(15)24)10-9-13(3)4/h7,9,14,25-26H,8,10-11H2,1-6H3. The number of hydrogen-bond donors (Lipinski definition) is 2. The zero-order chi connectivity index (χ0) is 20.9. The summed E-state index contributed by atoms with van der Waals surface area (Å²) in [6.07, 6.45) is 3.23. The van der Waals surface area contributed by atoms with Crippen molar-refractivity contribution in [1.29, 1.82) is 0 Å². The van der Waals surface area contributed by atoms with Crippen LogP contribution in [0.25, 0.3) is 0 Å². The van der Waals surface area contributed by atoms with Crippen LogP contribution in [-0.2, 0) is 9.59 Å². The highest BCUT2D eigenvalue weighted by atomic mass is 16.3. The van der Waals surface area contributed by atoms with Crippen LogP contribution < -0.4 is 0 Å². The quantitative estimate of drug-likeness (QED) is 0.481. The number of ketones is 2. The van der Waals surface area contributed by atoms with E-state index >= 15 is 0 Å². The summed E-state index contributed by atoms with van der Waals surface area (Å²) in [7, 11) is 0. The van der Waals surface area contributed by atoms with Crippen LogP contribution in [0.4, 0.5) is 0 Å². The monoisotopic (exact) mass is 375 g/mol. The summed E-state index contributed by atoms with van der Waals surface area (Å²) in [5.41, 5.74) is -1.31. The highest BCUT2D eigenvalue weighted by molar-refractivity contribution is 6.12. The van der Waals surface area contributed by atoms with Crippen LogP contribution in [0.2, 0.25) is 0 Å². The minimum absolute atomic E-state index is 0.0320. The van der Waals surface area contributed by atoms with Gasteiger partial charge in [-0.15, -0.1) is 4.91 Å². The molecule has 27 heavy (non-hydrogen) atoms. The molecule has 0 aliphatic heterocycles. The minimum atomic E-state index is -2.28. The Bertz CT molecular complexity index is 759. The largest absolute Gasteiger partial charge is 0.508 e. The van der Waals surface area contributed by atoms with Gasteiger partial charge in [-0.25, -0.2) is 0 Å². The Morgan fingerprint density at radius 2 is 1.70 bits per heavy atom. The molecule has 6 heteroatoms. The van der Waals surface area contributed by atoms with E-state index in [9.17, 15) is 24.7 Å². The van der Waals surface area contributed by atoms with Crippen LogP contribution in [0.15, 0.2) is 51.1 Å². The SMILES string of the molecule is CC(C)=CCC1=C(N=O)C(C(=O)CC(C)C)=C(O)C(O)(CC=C(C)C)C1=O. The lowest BCUT2D eigenvalue weighted by molar-refractivity contribution is -0.133. The first-order valence-electron chi connectivity index (χ1n) is 9.03. The third-order valence-corrected chi connectivity index (χ3v) is 4.28. The number of aliphatic hydroxyl groups is 2. The average molecular weight is 375 g/mol. The number of Topliss-reactive ketones (excluding diaryl/α,β-unsaturated/α-hetero) is 2. The van der Waals surface area contributed by atoms with Crippen molar-refractivity contribution in [2.24, 2.45) is 11.1 Å². The average Bonchev–Trinajstić information content (AvgIpc) is 2.55. The van der Waals surface area contributed by atoms with Crippen molar-refractivity contribution < 1.29 is 19.8 Å². The van der Waals surface area contributed by atoms with Crippen LogP contribution in [-0.4, -0.2) is 27.4 Å². The zero-order valence-corrected chi connectivity index (χ0v) is 16.9. The Hall–Kier alpha value is -2.34. The van der Waals surface area contributed by atoms with Crippen LogP contribution in [0.3, 0.4) is 0 Å². The maximum absolute atomic E-state index is 13.0. The first-order valence-corrected chi connectivity index (χ1v) is 9.03. The van der Waals surface area contributed by atoms with Gasteiger partial charge < -0.3 is 10.2 Å². The van der Waals surface area contributed by atoms with Crippen molar-refractivity contribution in [3.63, 3.8) is 0 Å². The molecule has 1 aliphatic carbocycles. The highest BCUT2D eigenvalue weighted by Crippen LogP contribution is 2.39. The van der Waals surface area contributed by atoms with E-state index in [0.29, 0.717) is 0 Å². The van der Waals surface area contributed by atoms with E-state index in [4.69, 9.17) is 0 Å². The number of hydrogen-bond acceptors (Lipinski definition) is 6. The Kier molecular flexibility index (Phi) is 7.60. The second kappa shape index (κ2) is 9.04. The number of allylic oxidation sites excluding steroid dienone is 4. The molecule has 1 aliphatic rings. The van der Waals surface area contributed by atoms with E-state index in [1.807, 2.05) is 27.7 Å². The van der Waals surface area contributed by atoms with Gasteiger partial charge in [0.05, 0.1) is 5.57 Å². The van der Waals surface area contributed by atoms with Gasteiger partial charge in [0.2, 0.25) is 5.78 Å². The summed E-state index contributed by atoms with van der Waals surface area (Å²) in [6, 6.07) is 0. The molecule has 0 fully saturated rings. The Morgan fingerprint density at radius 3 is 2.15 bits per heavy atom. The van der Waals surface area contributed by atoms with Gasteiger partial charge in [-0.05, 0) is 45.2 Å². The van der Waals surface area contributed by atoms with E-state index in [0.717, 1.165) is 11.1 Å². The lowest BCUT2D eigenvalue weighted by Gasteiger charge is -2.32. The third-order valence-electron chi connectivity index (χ3n) is 4.28. The summed E-state index contributed by atoms with van der Waals surface area (Å²) in [5, 5.41) is 24.6. The first kappa shape index (κ1) is 22.7. The predicted molar refractivity (Wildman–Crippen MR) is 105 cm³/mol. The molecule has 0 amide bonds. The Labute approximate surface area is 160 Å². The lowest BCUT2D eigenvalue weighted by atomic mass is 9.76. The van der Waals surface area contributed by atoms with E-state index in [2.05, 4.69) is 5.18 Å². The number of carbonyl (C=O) groups is 2. The molecule has 0 spiro atoms. The molecule has 0 bridgehead atoms. The molecule has 0 saturated carbocycles. The molecule has 0 aromatic carbocycles. The Morgan fingerprint density at radius 1 is 1.15 bits per heavy atom. The summed E-state index contributed by atoms with van der Waals surface area (Å²) in [6.45, 7) is 10.9. The van der Waals surface area contributed by atoms with Crippen LogP contribution in [0.5, 0.6) is 0 Å². The third kappa shape index (κ3) is 5.10. The van der Waals surface area contributed by atoms with E-state index < -0.39 is 22.9 Å². The summed E-state index contributed by atoms with van der Waals surface area (Å²) in [5.74, 6) is -2.14. The molecular formula is C21H29NO5. The number of nitrogens with zero attached hydrogens (tertiary/aromatic N) is 1. The van der Waals surface area contributed by atoms with E-state index in [1.165, 1.54) is 0 Å². The van der Waals surface area contributed by atoms with Gasteiger partial charge in [-0.1, -0.05) is 37.1 Å². The molecule has 6 nitrogen and oxygen atoms in total. The molecule has 1 unspecified atom stereocenters. The smallest absolute Gasteiger partial charge is 0.201 e. The number of carbonyl (C=O) groups excluding carboxylic acids is 2. The first-order chi connectivity index (χ1) is 12.5. The predicted octanol–water partition coefficient (Wildman–Crippen LogP) is 4.46. The van der Waals surface area contributed by atoms with Crippen molar-refractivity contribution in [2.75, 3.05) is 0 Å². The van der Waals surface area contributed by atoms with Gasteiger partial charge in [0, 0.05) is 18.4 Å². The molecule has 148 valence electrons. The molecule has 0 radical (unpaired) electrons. The topological polar surface area (TPSA) is 104 Å². The Balaban J connectivity index is 3.70. The minimum Gasteiger partial charge on any atom is -0.508 e. The summed E-state index contributed by atoms with van der Waals surface area (Å²) < 4.78 is 0. The summed E-state index contributed by atoms with van der Waals surface area (Å²) >= 11 is 0. The molecule has 1 atom stereocenters. The van der Waals surface area contributed by atoms with Crippen molar-refractivity contribution in [3.05, 3.63) is 50.8 Å². The van der Waals surface area contributed by atoms with Gasteiger partial charge in [-0.3, -0.25) is 9.59 Å². The van der Waals surface area contributed by atoms with Crippen molar-refractivity contribution in [1.82, 2.24) is 0 Å². The van der Waals surface area contributed by atoms with Gasteiger partial charge in [0.1, 0.15) is 11.5 Å². The normalized spacial score (nSPS) is 20.1. The van der Waals surface area contributed by atoms with Crippen LogP contribution in [0.1, 0.15) is 60.8 Å². The molecule has 1 rings (SSSR count). The summed E-state index contributed by atoms with van der Waals surface area (Å²) in [4.78, 5) is 37.2. The second-order valence-corrected chi connectivity index (χ2v) is 7.82. The molecule has 2 N–H and O–H groups in total. The maximum atomic E-state index is 13.0. The number of aliphatic hydroxyl groups excluding tert-OH is 1.